The minimum atomic E-state index is 0.0185. The van der Waals surface area contributed by atoms with Crippen molar-refractivity contribution in [3.63, 3.8) is 0 Å². The molecule has 0 saturated carbocycles. The van der Waals surface area contributed by atoms with E-state index in [0.29, 0.717) is 0 Å². The molecule has 0 heterocycles. The molecule has 66 valence electrons. The first-order valence-electron chi connectivity index (χ1n) is 3.43. The Morgan fingerprint density at radius 3 is 1.36 bits per heavy atom. The Kier molecular flexibility index (Phi) is 8.20. The Balaban J connectivity index is 0. The summed E-state index contributed by atoms with van der Waals surface area (Å²) in [7, 11) is 6.90. The van der Waals surface area contributed by atoms with Gasteiger partial charge in [-0.1, -0.05) is 6.08 Å². The fraction of sp³-hybridized carbons (Fsp3) is 0.625. The minimum Gasteiger partial charge on any atom is -0.331 e. The van der Waals surface area contributed by atoms with Crippen molar-refractivity contribution in [3.05, 3.63) is 12.7 Å². The van der Waals surface area contributed by atoms with E-state index in [4.69, 9.17) is 0 Å². The van der Waals surface area contributed by atoms with Crippen molar-refractivity contribution in [2.24, 2.45) is 0 Å². The second-order valence-corrected chi connectivity index (χ2v) is 2.48. The average Bonchev–Trinajstić information content (AvgIpc) is 1.87. The topological polar surface area (TPSA) is 23.6 Å². The third kappa shape index (κ3) is 9.01. The van der Waals surface area contributed by atoms with Gasteiger partial charge in [-0.25, -0.2) is 4.79 Å². The molecule has 0 aromatic carbocycles. The third-order valence-electron chi connectivity index (χ3n) is 0.765. The Hall–Kier alpha value is -0.990. The molecule has 0 fully saturated rings. The molecule has 0 rings (SSSR count). The lowest BCUT2D eigenvalue weighted by atomic mass is 10.7. The summed E-state index contributed by atoms with van der Waals surface area (Å²) >= 11 is 0. The van der Waals surface area contributed by atoms with Crippen LogP contribution in [0.4, 0.5) is 4.79 Å². The van der Waals surface area contributed by atoms with Gasteiger partial charge in [0.1, 0.15) is 0 Å². The lowest BCUT2D eigenvalue weighted by molar-refractivity contribution is 0.191. The molecule has 0 aromatic heterocycles. The van der Waals surface area contributed by atoms with Gasteiger partial charge in [0.15, 0.2) is 0 Å². The van der Waals surface area contributed by atoms with E-state index in [1.807, 2.05) is 6.92 Å². The maximum absolute atomic E-state index is 10.7. The van der Waals surface area contributed by atoms with E-state index in [2.05, 4.69) is 6.58 Å². The van der Waals surface area contributed by atoms with Crippen LogP contribution in [0.3, 0.4) is 0 Å². The Bertz CT molecular complexity index is 109. The summed E-state index contributed by atoms with van der Waals surface area (Å²) in [5, 5.41) is 0. The molecule has 0 saturated heterocycles. The Labute approximate surface area is 69.3 Å². The molecule has 0 N–H and O–H groups in total. The molecule has 0 aromatic rings. The largest absolute Gasteiger partial charge is 0.331 e. The molecule has 0 radical (unpaired) electrons. The number of amides is 2. The molecule has 11 heavy (non-hydrogen) atoms. The van der Waals surface area contributed by atoms with Gasteiger partial charge in [0.2, 0.25) is 0 Å². The third-order valence-corrected chi connectivity index (χ3v) is 0.765. The number of hydrogen-bond acceptors (Lipinski definition) is 1. The maximum atomic E-state index is 10.7. The molecule has 0 aliphatic rings. The fourth-order valence-corrected chi connectivity index (χ4v) is 0.400. The van der Waals surface area contributed by atoms with Gasteiger partial charge in [0, 0.05) is 28.2 Å². The maximum Gasteiger partial charge on any atom is 0.318 e. The zero-order chi connectivity index (χ0) is 9.44. The number of allylic oxidation sites excluding steroid dienone is 1. The second-order valence-electron chi connectivity index (χ2n) is 2.48. The molecular formula is C8H18N2O. The number of rotatable bonds is 0. The molecule has 0 atom stereocenters. The first-order chi connectivity index (χ1) is 4.97. The van der Waals surface area contributed by atoms with E-state index in [1.54, 1.807) is 34.3 Å². The SMILES string of the molecule is C=CC.CN(C)C(=O)N(C)C. The van der Waals surface area contributed by atoms with Crippen molar-refractivity contribution < 1.29 is 4.79 Å². The highest BCUT2D eigenvalue weighted by Crippen LogP contribution is 1.83. The van der Waals surface area contributed by atoms with Crippen molar-refractivity contribution in [2.45, 2.75) is 6.92 Å². The van der Waals surface area contributed by atoms with Crippen LogP contribution in [0, 0.1) is 0 Å². The van der Waals surface area contributed by atoms with E-state index >= 15 is 0 Å². The number of urea groups is 1. The lowest BCUT2D eigenvalue weighted by Crippen LogP contribution is -2.33. The summed E-state index contributed by atoms with van der Waals surface area (Å²) in [5.41, 5.74) is 0. The summed E-state index contributed by atoms with van der Waals surface area (Å²) in [6.07, 6.45) is 1.75. The Morgan fingerprint density at radius 1 is 1.18 bits per heavy atom. The van der Waals surface area contributed by atoms with Gasteiger partial charge in [-0.3, -0.25) is 0 Å². The summed E-state index contributed by atoms with van der Waals surface area (Å²) in [6, 6.07) is 0.0185. The summed E-state index contributed by atoms with van der Waals surface area (Å²) in [5.74, 6) is 0. The standard InChI is InChI=1S/C5H12N2O.C3H6/c1-6(2)5(8)7(3)4;1-3-2/h1-4H3;3H,1H2,2H3. The molecule has 3 nitrogen and oxygen atoms in total. The Morgan fingerprint density at radius 2 is 1.36 bits per heavy atom. The van der Waals surface area contributed by atoms with Crippen molar-refractivity contribution in [1.29, 1.82) is 0 Å². The molecule has 0 aliphatic heterocycles. The number of carbonyl (C=O) groups excluding carboxylic acids is 1. The van der Waals surface area contributed by atoms with Gasteiger partial charge >= 0.3 is 6.03 Å². The van der Waals surface area contributed by atoms with Crippen molar-refractivity contribution in [3.8, 4) is 0 Å². The van der Waals surface area contributed by atoms with Crippen LogP contribution in [0.5, 0.6) is 0 Å². The predicted molar refractivity (Wildman–Crippen MR) is 48.6 cm³/mol. The van der Waals surface area contributed by atoms with Crippen molar-refractivity contribution in [1.82, 2.24) is 9.80 Å². The molecule has 3 heteroatoms. The monoisotopic (exact) mass is 158 g/mol. The molecule has 2 amide bonds. The summed E-state index contributed by atoms with van der Waals surface area (Å²) < 4.78 is 0. The zero-order valence-electron chi connectivity index (χ0n) is 8.09. The lowest BCUT2D eigenvalue weighted by Gasteiger charge is -2.16. The molecule has 0 spiro atoms. The fourth-order valence-electron chi connectivity index (χ4n) is 0.400. The van der Waals surface area contributed by atoms with E-state index in [1.165, 1.54) is 9.80 Å². The number of hydrogen-bond donors (Lipinski definition) is 0. The van der Waals surface area contributed by atoms with Crippen LogP contribution in [-0.2, 0) is 0 Å². The van der Waals surface area contributed by atoms with Crippen LogP contribution in [0.25, 0.3) is 0 Å². The predicted octanol–water partition coefficient (Wildman–Crippen LogP) is 1.42. The van der Waals surface area contributed by atoms with Gasteiger partial charge in [-0.15, -0.1) is 6.58 Å². The molecule has 0 bridgehead atoms. The van der Waals surface area contributed by atoms with Gasteiger partial charge in [-0.05, 0) is 6.92 Å². The highest BCUT2D eigenvalue weighted by molar-refractivity contribution is 5.72. The van der Waals surface area contributed by atoms with Crippen LogP contribution >= 0.6 is 0 Å². The van der Waals surface area contributed by atoms with Gasteiger partial charge in [0.05, 0.1) is 0 Å². The molecular weight excluding hydrogens is 140 g/mol. The molecule has 0 unspecified atom stereocenters. The van der Waals surface area contributed by atoms with Crippen LogP contribution in [0.1, 0.15) is 6.92 Å². The minimum absolute atomic E-state index is 0.0185. The zero-order valence-corrected chi connectivity index (χ0v) is 8.09. The quantitative estimate of drug-likeness (QED) is 0.489. The van der Waals surface area contributed by atoms with E-state index in [0.717, 1.165) is 0 Å². The van der Waals surface area contributed by atoms with Crippen molar-refractivity contribution >= 4 is 6.03 Å². The average molecular weight is 158 g/mol. The smallest absolute Gasteiger partial charge is 0.318 e. The van der Waals surface area contributed by atoms with Gasteiger partial charge < -0.3 is 9.80 Å². The van der Waals surface area contributed by atoms with Crippen molar-refractivity contribution in [2.75, 3.05) is 28.2 Å². The van der Waals surface area contributed by atoms with Crippen LogP contribution in [-0.4, -0.2) is 44.0 Å². The molecule has 0 aliphatic carbocycles. The van der Waals surface area contributed by atoms with Gasteiger partial charge in [0.25, 0.3) is 0 Å². The highest BCUT2D eigenvalue weighted by atomic mass is 16.2. The second kappa shape index (κ2) is 7.12. The first-order valence-corrected chi connectivity index (χ1v) is 3.43. The van der Waals surface area contributed by atoms with E-state index in [9.17, 15) is 4.79 Å². The number of carbonyl (C=O) groups is 1. The number of nitrogens with zero attached hydrogens (tertiary/aromatic N) is 2. The highest BCUT2D eigenvalue weighted by Gasteiger charge is 2.02. The summed E-state index contributed by atoms with van der Waals surface area (Å²) in [4.78, 5) is 13.8. The van der Waals surface area contributed by atoms with Gasteiger partial charge in [-0.2, -0.15) is 0 Å². The first kappa shape index (κ1) is 12.7. The van der Waals surface area contributed by atoms with Crippen LogP contribution < -0.4 is 0 Å². The van der Waals surface area contributed by atoms with E-state index < -0.39 is 0 Å². The van der Waals surface area contributed by atoms with Crippen LogP contribution in [0.15, 0.2) is 12.7 Å². The van der Waals surface area contributed by atoms with Crippen LogP contribution in [0.2, 0.25) is 0 Å². The van der Waals surface area contributed by atoms with E-state index in [-0.39, 0.29) is 6.03 Å². The summed E-state index contributed by atoms with van der Waals surface area (Å²) in [6.45, 7) is 5.25. The normalized spacial score (nSPS) is 7.36.